The van der Waals surface area contributed by atoms with Crippen LogP contribution in [0.2, 0.25) is 5.02 Å². The van der Waals surface area contributed by atoms with Gasteiger partial charge in [-0.1, -0.05) is 23.7 Å². The van der Waals surface area contributed by atoms with Crippen LogP contribution in [0.4, 0.5) is 5.82 Å². The predicted octanol–water partition coefficient (Wildman–Crippen LogP) is 3.29. The highest BCUT2D eigenvalue weighted by molar-refractivity contribution is 6.31. The maximum Gasteiger partial charge on any atom is 0.273 e. The maximum atomic E-state index is 13.2. The molecule has 2 aromatic heterocycles. The van der Waals surface area contributed by atoms with Gasteiger partial charge in [-0.3, -0.25) is 14.6 Å². The van der Waals surface area contributed by atoms with Gasteiger partial charge in [0, 0.05) is 41.6 Å². The van der Waals surface area contributed by atoms with E-state index in [2.05, 4.69) is 15.0 Å². The van der Waals surface area contributed by atoms with Crippen LogP contribution < -0.4 is 5.73 Å². The lowest BCUT2D eigenvalue weighted by atomic mass is 10.1. The van der Waals surface area contributed by atoms with Crippen LogP contribution in [-0.4, -0.2) is 55.7 Å². The minimum Gasteiger partial charge on any atom is -0.383 e. The lowest BCUT2D eigenvalue weighted by molar-refractivity contribution is -0.140. The predicted molar refractivity (Wildman–Crippen MR) is 127 cm³/mol. The summed E-state index contributed by atoms with van der Waals surface area (Å²) in [4.78, 5) is 42.2. The van der Waals surface area contributed by atoms with Gasteiger partial charge >= 0.3 is 0 Å². The first-order chi connectivity index (χ1) is 15.9. The standard InChI is InChI=1S/C24H21ClN6O2/c1-14-23(32)30(12-15-2-5-19-20(8-15)28-13-29-22(19)26)6-7-31(14)24(33)21-10-16-3-4-18(25)9-17(16)11-27-21/h2-5,8-11,13-14H,6-7,12H2,1H3,(H2,26,28,29). The van der Waals surface area contributed by atoms with Crippen LogP contribution in [0, 0.1) is 0 Å². The molecule has 0 saturated carbocycles. The van der Waals surface area contributed by atoms with Crippen LogP contribution in [0.25, 0.3) is 21.7 Å². The Morgan fingerprint density at radius 1 is 1.09 bits per heavy atom. The molecule has 0 aliphatic carbocycles. The zero-order valence-corrected chi connectivity index (χ0v) is 18.7. The lowest BCUT2D eigenvalue weighted by Crippen LogP contribution is -2.57. The summed E-state index contributed by atoms with van der Waals surface area (Å²) in [5.74, 6) is 0.0588. The van der Waals surface area contributed by atoms with Gasteiger partial charge in [-0.2, -0.15) is 0 Å². The van der Waals surface area contributed by atoms with Gasteiger partial charge in [-0.25, -0.2) is 9.97 Å². The second kappa shape index (κ2) is 8.29. The van der Waals surface area contributed by atoms with E-state index in [1.807, 2.05) is 24.3 Å². The number of nitrogens with zero attached hydrogens (tertiary/aromatic N) is 5. The van der Waals surface area contributed by atoms with Gasteiger partial charge in [0.2, 0.25) is 5.91 Å². The van der Waals surface area contributed by atoms with Crippen LogP contribution in [0.3, 0.4) is 0 Å². The average Bonchev–Trinajstić information content (AvgIpc) is 2.81. The van der Waals surface area contributed by atoms with Gasteiger partial charge < -0.3 is 15.5 Å². The van der Waals surface area contributed by atoms with Crippen LogP contribution >= 0.6 is 11.6 Å². The Morgan fingerprint density at radius 3 is 2.79 bits per heavy atom. The molecule has 1 unspecified atom stereocenters. The van der Waals surface area contributed by atoms with E-state index in [-0.39, 0.29) is 11.8 Å². The Labute approximate surface area is 195 Å². The Hall–Kier alpha value is -3.78. The molecule has 1 saturated heterocycles. The zero-order chi connectivity index (χ0) is 23.1. The molecule has 2 amide bonds. The molecule has 2 N–H and O–H groups in total. The lowest BCUT2D eigenvalue weighted by Gasteiger charge is -2.39. The highest BCUT2D eigenvalue weighted by Gasteiger charge is 2.35. The average molecular weight is 461 g/mol. The summed E-state index contributed by atoms with van der Waals surface area (Å²) in [7, 11) is 0. The number of hydrogen-bond acceptors (Lipinski definition) is 6. The van der Waals surface area contributed by atoms with Crippen molar-refractivity contribution in [3.63, 3.8) is 0 Å². The molecule has 1 aliphatic rings. The van der Waals surface area contributed by atoms with Crippen molar-refractivity contribution in [2.75, 3.05) is 18.8 Å². The van der Waals surface area contributed by atoms with Crippen molar-refractivity contribution in [3.05, 3.63) is 71.3 Å². The highest BCUT2D eigenvalue weighted by atomic mass is 35.5. The molecule has 8 nitrogen and oxygen atoms in total. The molecule has 3 heterocycles. The first-order valence-electron chi connectivity index (χ1n) is 10.5. The smallest absolute Gasteiger partial charge is 0.273 e. The van der Waals surface area contributed by atoms with Gasteiger partial charge in [-0.15, -0.1) is 0 Å². The summed E-state index contributed by atoms with van der Waals surface area (Å²) in [6, 6.07) is 12.3. The summed E-state index contributed by atoms with van der Waals surface area (Å²) in [5, 5.41) is 3.12. The highest BCUT2D eigenvalue weighted by Crippen LogP contribution is 2.23. The summed E-state index contributed by atoms with van der Waals surface area (Å²) in [6.07, 6.45) is 3.06. The molecule has 5 rings (SSSR count). The van der Waals surface area contributed by atoms with Gasteiger partial charge in [0.25, 0.3) is 5.91 Å². The van der Waals surface area contributed by atoms with Crippen molar-refractivity contribution in [3.8, 4) is 0 Å². The number of halogens is 1. The number of fused-ring (bicyclic) bond motifs is 2. The normalized spacial score (nSPS) is 16.5. The fraction of sp³-hybridized carbons (Fsp3) is 0.208. The Kier molecular flexibility index (Phi) is 5.30. The second-order valence-electron chi connectivity index (χ2n) is 8.11. The van der Waals surface area contributed by atoms with E-state index in [1.165, 1.54) is 6.33 Å². The van der Waals surface area contributed by atoms with E-state index >= 15 is 0 Å². The van der Waals surface area contributed by atoms with Crippen LogP contribution in [0.1, 0.15) is 23.0 Å². The fourth-order valence-electron chi connectivity index (χ4n) is 4.18. The van der Waals surface area contributed by atoms with E-state index in [4.69, 9.17) is 17.3 Å². The molecular weight excluding hydrogens is 440 g/mol. The van der Waals surface area contributed by atoms with Crippen molar-refractivity contribution in [2.24, 2.45) is 0 Å². The summed E-state index contributed by atoms with van der Waals surface area (Å²) >= 11 is 6.03. The van der Waals surface area contributed by atoms with Crippen molar-refractivity contribution in [2.45, 2.75) is 19.5 Å². The molecule has 1 atom stereocenters. The first kappa shape index (κ1) is 21.1. The molecule has 1 aliphatic heterocycles. The Morgan fingerprint density at radius 2 is 1.94 bits per heavy atom. The number of carbonyl (C=O) groups is 2. The topological polar surface area (TPSA) is 105 Å². The molecule has 9 heteroatoms. The van der Waals surface area contributed by atoms with Gasteiger partial charge in [0.1, 0.15) is 23.9 Å². The third-order valence-corrected chi connectivity index (χ3v) is 6.25. The largest absolute Gasteiger partial charge is 0.383 e. The van der Waals surface area contributed by atoms with Crippen LogP contribution in [0.5, 0.6) is 0 Å². The Balaban J connectivity index is 1.32. The number of pyridine rings is 1. The SMILES string of the molecule is CC1C(=O)N(Cc2ccc3c(N)ncnc3c2)CCN1C(=O)c1cc2ccc(Cl)cc2cn1. The molecule has 0 radical (unpaired) electrons. The van der Waals surface area contributed by atoms with Crippen molar-refractivity contribution in [1.29, 1.82) is 0 Å². The number of hydrogen-bond donors (Lipinski definition) is 1. The minimum atomic E-state index is -0.590. The van der Waals surface area contributed by atoms with E-state index in [0.29, 0.717) is 36.2 Å². The van der Waals surface area contributed by atoms with Gasteiger partial charge in [0.15, 0.2) is 0 Å². The van der Waals surface area contributed by atoms with Crippen molar-refractivity contribution < 1.29 is 9.59 Å². The number of anilines is 1. The Bertz CT molecular complexity index is 1410. The monoisotopic (exact) mass is 460 g/mol. The third kappa shape index (κ3) is 3.93. The second-order valence-corrected chi connectivity index (χ2v) is 8.54. The number of carbonyl (C=O) groups excluding carboxylic acids is 2. The molecule has 0 bridgehead atoms. The zero-order valence-electron chi connectivity index (χ0n) is 17.9. The molecule has 166 valence electrons. The number of piperazine rings is 1. The number of amides is 2. The minimum absolute atomic E-state index is 0.107. The van der Waals surface area contributed by atoms with Crippen LogP contribution in [0.15, 0.2) is 55.0 Å². The number of nitrogens with two attached hydrogens (primary N) is 1. The van der Waals surface area contributed by atoms with Gasteiger partial charge in [-0.05, 0) is 48.2 Å². The summed E-state index contributed by atoms with van der Waals surface area (Å²) in [5.41, 5.74) is 7.88. The molecule has 0 spiro atoms. The fourth-order valence-corrected chi connectivity index (χ4v) is 4.36. The number of nitrogen functional groups attached to an aromatic ring is 1. The molecule has 1 fully saturated rings. The maximum absolute atomic E-state index is 13.2. The molecule has 2 aromatic carbocycles. The number of aromatic nitrogens is 3. The quantitative estimate of drug-likeness (QED) is 0.503. The number of rotatable bonds is 3. The van der Waals surface area contributed by atoms with E-state index in [1.54, 1.807) is 41.1 Å². The summed E-state index contributed by atoms with van der Waals surface area (Å²) < 4.78 is 0. The number of benzene rings is 2. The summed E-state index contributed by atoms with van der Waals surface area (Å²) in [6.45, 7) is 3.04. The van der Waals surface area contributed by atoms with E-state index < -0.39 is 6.04 Å². The molecular formula is C24H21ClN6O2. The first-order valence-corrected chi connectivity index (χ1v) is 10.9. The van der Waals surface area contributed by atoms with Gasteiger partial charge in [0.05, 0.1) is 5.52 Å². The molecule has 33 heavy (non-hydrogen) atoms. The van der Waals surface area contributed by atoms with E-state index in [0.717, 1.165) is 27.2 Å². The molecule has 4 aromatic rings. The van der Waals surface area contributed by atoms with E-state index in [9.17, 15) is 9.59 Å². The van der Waals surface area contributed by atoms with Crippen molar-refractivity contribution >= 4 is 50.9 Å². The van der Waals surface area contributed by atoms with Crippen molar-refractivity contribution in [1.82, 2.24) is 24.8 Å². The van der Waals surface area contributed by atoms with Crippen LogP contribution in [-0.2, 0) is 11.3 Å². The third-order valence-electron chi connectivity index (χ3n) is 6.02.